The summed E-state index contributed by atoms with van der Waals surface area (Å²) in [5, 5.41) is 14.8. The first kappa shape index (κ1) is 27.4. The molecule has 11 heteroatoms. The topological polar surface area (TPSA) is 95.9 Å². The maximum Gasteiger partial charge on any atom is 0.319 e. The number of nitrogens with zero attached hydrogens (tertiary/aromatic N) is 5. The van der Waals surface area contributed by atoms with Crippen LogP contribution in [0.4, 0.5) is 14.6 Å². The Balaban J connectivity index is 1.37. The third-order valence-electron chi connectivity index (χ3n) is 10.9. The number of halogens is 2. The average molecular weight is 656 g/mol. The molecule has 2 bridgehead atoms. The number of nitrogens with one attached hydrogen (secondary N) is 1. The highest BCUT2D eigenvalue weighted by molar-refractivity contribution is 6.04. The first-order chi connectivity index (χ1) is 24.3. The molecule has 8 rings (SSSR count). The molecule has 4 aliphatic heterocycles. The van der Waals surface area contributed by atoms with E-state index in [0.717, 1.165) is 63.3 Å². The van der Waals surface area contributed by atoms with Gasteiger partial charge in [-0.25, -0.2) is 13.8 Å². The van der Waals surface area contributed by atoms with Crippen LogP contribution in [0.1, 0.15) is 55.1 Å². The fourth-order valence-corrected chi connectivity index (χ4v) is 8.58. The van der Waals surface area contributed by atoms with Crippen LogP contribution in [0.15, 0.2) is 36.4 Å². The number of phenolic OH excluding ortho intramolecular Hbond substituents is 1. The molecular weight excluding hydrogens is 614 g/mol. The van der Waals surface area contributed by atoms with E-state index in [1.807, 2.05) is 4.90 Å². The van der Waals surface area contributed by atoms with Crippen molar-refractivity contribution in [3.63, 3.8) is 0 Å². The molecule has 248 valence electrons. The molecule has 2 N–H and O–H groups in total. The van der Waals surface area contributed by atoms with Crippen molar-refractivity contribution in [2.75, 3.05) is 44.7 Å². The van der Waals surface area contributed by atoms with Crippen molar-refractivity contribution < 1.29 is 27.5 Å². The van der Waals surface area contributed by atoms with Crippen molar-refractivity contribution in [1.82, 2.24) is 25.2 Å². The number of ether oxygens (including phenoxy) is 2. The SMILES string of the molecule is [2H]C([2H])([2H])Oc1nc(-c2cc(O)cc3ccc(F)c(C#C)c23)c(F)c2nc(OC[C@@]34CCCN3CC(=C)C4)nc(N3CC4CCC(CC)(C3)N4)c12. The van der Waals surface area contributed by atoms with Crippen molar-refractivity contribution >= 4 is 27.5 Å². The first-order valence-electron chi connectivity index (χ1n) is 17.9. The molecule has 0 saturated carbocycles. The number of phenols is 1. The van der Waals surface area contributed by atoms with Crippen LogP contribution in [0.2, 0.25) is 0 Å². The van der Waals surface area contributed by atoms with Crippen LogP contribution in [0.3, 0.4) is 0 Å². The third kappa shape index (κ3) is 4.76. The Morgan fingerprint density at radius 3 is 2.92 bits per heavy atom. The van der Waals surface area contributed by atoms with Crippen molar-refractivity contribution in [1.29, 1.82) is 0 Å². The summed E-state index contributed by atoms with van der Waals surface area (Å²) in [5.41, 5.74) is -0.334. The molecule has 4 aromatic rings. The number of piperazine rings is 1. The van der Waals surface area contributed by atoms with Gasteiger partial charge in [-0.1, -0.05) is 31.1 Å². The summed E-state index contributed by atoms with van der Waals surface area (Å²) in [7, 11) is -3.00. The predicted octanol–water partition coefficient (Wildman–Crippen LogP) is 5.71. The van der Waals surface area contributed by atoms with Gasteiger partial charge in [0.15, 0.2) is 5.82 Å². The minimum atomic E-state index is -3.00. The summed E-state index contributed by atoms with van der Waals surface area (Å²) in [4.78, 5) is 18.2. The van der Waals surface area contributed by atoms with Gasteiger partial charge in [0.1, 0.15) is 40.6 Å². The lowest BCUT2D eigenvalue weighted by Gasteiger charge is -2.42. The van der Waals surface area contributed by atoms with Gasteiger partial charge in [-0.15, -0.1) is 6.42 Å². The molecule has 4 saturated heterocycles. The number of hydrogen-bond acceptors (Lipinski definition) is 9. The van der Waals surface area contributed by atoms with Gasteiger partial charge in [0.05, 0.1) is 22.3 Å². The standard InChI is InChI=1S/C37H38F2N6O3/c1-5-25-27(38)9-8-22-14-24(46)15-26(28(22)25)31-30(39)32-29(34(40-31)47-4)33(44-18-23-10-12-36(6-2,19-44)43-23)42-35(41-32)48-20-37-11-7-13-45(37)17-21(3)16-37/h1,8-9,14-15,23,43,46H,3,6-7,10-13,16-20H2,2,4H3/t23?,36?,37-/m0/s1/i4D3. The lowest BCUT2D eigenvalue weighted by Crippen LogP contribution is -2.59. The van der Waals surface area contributed by atoms with Crippen molar-refractivity contribution in [2.45, 2.75) is 62.6 Å². The van der Waals surface area contributed by atoms with Gasteiger partial charge in [-0.2, -0.15) is 9.97 Å². The highest BCUT2D eigenvalue weighted by atomic mass is 19.1. The molecule has 0 spiro atoms. The largest absolute Gasteiger partial charge is 0.508 e. The van der Waals surface area contributed by atoms with Gasteiger partial charge in [-0.3, -0.25) is 4.90 Å². The number of rotatable bonds is 7. The number of benzene rings is 2. The number of aromatic nitrogens is 3. The highest BCUT2D eigenvalue weighted by Gasteiger charge is 2.47. The van der Waals surface area contributed by atoms with E-state index in [2.05, 4.69) is 39.6 Å². The van der Waals surface area contributed by atoms with Gasteiger partial charge < -0.3 is 24.8 Å². The van der Waals surface area contributed by atoms with E-state index in [1.165, 1.54) is 18.2 Å². The lowest BCUT2D eigenvalue weighted by molar-refractivity contribution is 0.108. The van der Waals surface area contributed by atoms with E-state index in [1.54, 1.807) is 0 Å². The van der Waals surface area contributed by atoms with E-state index < -0.39 is 30.2 Å². The predicted molar refractivity (Wildman–Crippen MR) is 181 cm³/mol. The normalized spacial score (nSPS) is 26.4. The summed E-state index contributed by atoms with van der Waals surface area (Å²) in [5.74, 6) is 0.169. The number of anilines is 1. The third-order valence-corrected chi connectivity index (χ3v) is 10.9. The number of methoxy groups -OCH3 is 1. The second-order valence-corrected chi connectivity index (χ2v) is 13.8. The van der Waals surface area contributed by atoms with Gasteiger partial charge in [0.2, 0.25) is 5.88 Å². The summed E-state index contributed by atoms with van der Waals surface area (Å²) in [6.45, 7) is 9.31. The minimum Gasteiger partial charge on any atom is -0.508 e. The van der Waals surface area contributed by atoms with E-state index >= 15 is 8.78 Å². The molecule has 0 amide bonds. The average Bonchev–Trinajstić information content (AvgIpc) is 3.72. The van der Waals surface area contributed by atoms with Crippen molar-refractivity contribution in [3.05, 3.63) is 53.6 Å². The molecule has 4 fully saturated rings. The Morgan fingerprint density at radius 1 is 1.23 bits per heavy atom. The quantitative estimate of drug-likeness (QED) is 0.192. The number of aromatic hydroxyl groups is 1. The van der Waals surface area contributed by atoms with Crippen LogP contribution in [0.25, 0.3) is 32.9 Å². The van der Waals surface area contributed by atoms with Crippen LogP contribution >= 0.6 is 0 Å². The Bertz CT molecular complexity index is 2160. The van der Waals surface area contributed by atoms with E-state index in [0.29, 0.717) is 18.5 Å². The fourth-order valence-electron chi connectivity index (χ4n) is 8.58. The second-order valence-electron chi connectivity index (χ2n) is 13.8. The molecule has 9 nitrogen and oxygen atoms in total. The maximum absolute atomic E-state index is 17.3. The second kappa shape index (κ2) is 11.3. The zero-order chi connectivity index (χ0) is 35.9. The summed E-state index contributed by atoms with van der Waals surface area (Å²) in [6, 6.07) is 5.19. The van der Waals surface area contributed by atoms with Crippen LogP contribution in [0.5, 0.6) is 17.6 Å². The minimum absolute atomic E-state index is 0.0324. The van der Waals surface area contributed by atoms with Gasteiger partial charge in [-0.05, 0) is 68.7 Å². The van der Waals surface area contributed by atoms with Crippen molar-refractivity contribution in [2.24, 2.45) is 0 Å². The van der Waals surface area contributed by atoms with Gasteiger partial charge in [0.25, 0.3) is 0 Å². The molecule has 2 aromatic heterocycles. The van der Waals surface area contributed by atoms with Crippen LogP contribution in [0, 0.1) is 24.0 Å². The van der Waals surface area contributed by atoms with Gasteiger partial charge >= 0.3 is 6.01 Å². The number of fused-ring (bicyclic) bond motifs is 5. The van der Waals surface area contributed by atoms with Crippen LogP contribution < -0.4 is 19.7 Å². The smallest absolute Gasteiger partial charge is 0.319 e. The Morgan fingerprint density at radius 2 is 2.10 bits per heavy atom. The van der Waals surface area contributed by atoms with E-state index in [4.69, 9.17) is 25.0 Å². The highest BCUT2D eigenvalue weighted by Crippen LogP contribution is 2.45. The monoisotopic (exact) mass is 655 g/mol. The fraction of sp³-hybridized carbons (Fsp3) is 0.432. The number of pyridine rings is 1. The maximum atomic E-state index is 17.3. The summed E-state index contributed by atoms with van der Waals surface area (Å²) >= 11 is 0. The van der Waals surface area contributed by atoms with Gasteiger partial charge in [0, 0.05) is 42.2 Å². The Hall–Kier alpha value is -4.53. The number of hydrogen-bond donors (Lipinski definition) is 2. The zero-order valence-corrected chi connectivity index (χ0v) is 26.7. The Labute approximate surface area is 282 Å². The molecule has 48 heavy (non-hydrogen) atoms. The first-order valence-corrected chi connectivity index (χ1v) is 16.4. The molecular formula is C37H38F2N6O3. The lowest BCUT2D eigenvalue weighted by atomic mass is 9.93. The molecule has 2 aromatic carbocycles. The van der Waals surface area contributed by atoms with Crippen LogP contribution in [-0.2, 0) is 0 Å². The van der Waals surface area contributed by atoms with Crippen LogP contribution in [-0.4, -0.2) is 81.9 Å². The Kier molecular flexibility index (Phi) is 6.44. The zero-order valence-electron chi connectivity index (χ0n) is 29.7. The molecule has 4 aliphatic rings. The van der Waals surface area contributed by atoms with Crippen molar-refractivity contribution in [3.8, 4) is 41.2 Å². The molecule has 0 aliphatic carbocycles. The van der Waals surface area contributed by atoms with E-state index in [9.17, 15) is 5.11 Å². The summed E-state index contributed by atoms with van der Waals surface area (Å²) < 4.78 is 68.4. The molecule has 3 atom stereocenters. The molecule has 0 radical (unpaired) electrons. The molecule has 2 unspecified atom stereocenters. The summed E-state index contributed by atoms with van der Waals surface area (Å²) in [6.07, 6.45) is 11.1. The van der Waals surface area contributed by atoms with E-state index in [-0.39, 0.29) is 68.7 Å². The molecule has 6 heterocycles. The number of terminal acetylenes is 1.